The number of carbonyl (C=O) groups is 2. The van der Waals surface area contributed by atoms with Gasteiger partial charge >= 0.3 is 0 Å². The second-order valence-electron chi connectivity index (χ2n) is 7.13. The van der Waals surface area contributed by atoms with Crippen molar-refractivity contribution >= 4 is 23.2 Å². The largest absolute Gasteiger partial charge is 0.368 e. The predicted octanol–water partition coefficient (Wildman–Crippen LogP) is 3.65. The van der Waals surface area contributed by atoms with Crippen molar-refractivity contribution in [2.24, 2.45) is 0 Å². The van der Waals surface area contributed by atoms with Crippen molar-refractivity contribution in [2.75, 3.05) is 36.4 Å². The van der Waals surface area contributed by atoms with Crippen LogP contribution in [0, 0.1) is 0 Å². The normalized spacial score (nSPS) is 15.0. The van der Waals surface area contributed by atoms with Crippen LogP contribution < -0.4 is 10.2 Å². The van der Waals surface area contributed by atoms with Gasteiger partial charge in [-0.3, -0.25) is 9.59 Å². The van der Waals surface area contributed by atoms with Crippen molar-refractivity contribution in [3.8, 4) is 0 Å². The molecule has 1 saturated heterocycles. The van der Waals surface area contributed by atoms with Crippen molar-refractivity contribution in [1.29, 1.82) is 0 Å². The Balaban J connectivity index is 1.51. The van der Waals surface area contributed by atoms with Crippen LogP contribution in [-0.2, 0) is 9.59 Å². The molecule has 2 aromatic rings. The molecule has 0 bridgehead atoms. The lowest BCUT2D eigenvalue weighted by atomic mass is 9.97. The molecule has 1 atom stereocenters. The molecule has 0 saturated carbocycles. The molecule has 1 aliphatic rings. The molecule has 2 aromatic carbocycles. The van der Waals surface area contributed by atoms with E-state index >= 15 is 0 Å². The van der Waals surface area contributed by atoms with Gasteiger partial charge in [0.25, 0.3) is 0 Å². The van der Waals surface area contributed by atoms with Gasteiger partial charge in [-0.05, 0) is 41.8 Å². The highest BCUT2D eigenvalue weighted by molar-refractivity contribution is 5.91. The maximum Gasteiger partial charge on any atom is 0.246 e. The topological polar surface area (TPSA) is 52.7 Å². The third-order valence-corrected chi connectivity index (χ3v) is 5.14. The number of carbonyl (C=O) groups excluding carboxylic acids is 2. The molecule has 1 fully saturated rings. The number of nitrogens with one attached hydrogen (secondary N) is 1. The molecule has 0 aromatic heterocycles. The molecule has 1 unspecified atom stereocenters. The van der Waals surface area contributed by atoms with Crippen molar-refractivity contribution in [2.45, 2.75) is 19.3 Å². The molecule has 1 heterocycles. The summed E-state index contributed by atoms with van der Waals surface area (Å²) in [7, 11) is 0. The van der Waals surface area contributed by atoms with Gasteiger partial charge in [-0.15, -0.1) is 0 Å². The monoisotopic (exact) mass is 377 g/mol. The highest BCUT2D eigenvalue weighted by Crippen LogP contribution is 2.22. The zero-order valence-electron chi connectivity index (χ0n) is 16.3. The standard InChI is InChI=1S/C23H27N3O2/c1-3-23(28)26-15-13-25(14-16-26)21-11-9-20(10-12-21)24-22(27)17-18(2)19-7-5-4-6-8-19/h3-12,18H,1,13-17H2,2H3,(H,24,27). The first-order chi connectivity index (χ1) is 13.6. The van der Waals surface area contributed by atoms with Crippen molar-refractivity contribution in [1.82, 2.24) is 4.90 Å². The summed E-state index contributed by atoms with van der Waals surface area (Å²) in [6, 6.07) is 18.0. The number of benzene rings is 2. The van der Waals surface area contributed by atoms with E-state index in [1.807, 2.05) is 47.4 Å². The lowest BCUT2D eigenvalue weighted by Crippen LogP contribution is -2.48. The SMILES string of the molecule is C=CC(=O)N1CCN(c2ccc(NC(=O)CC(C)c3ccccc3)cc2)CC1. The number of amides is 2. The van der Waals surface area contributed by atoms with Crippen LogP contribution in [0.1, 0.15) is 24.8 Å². The Labute approximate surface area is 166 Å². The molecule has 28 heavy (non-hydrogen) atoms. The number of anilines is 2. The Hall–Kier alpha value is -3.08. The van der Waals surface area contributed by atoms with E-state index < -0.39 is 0 Å². The van der Waals surface area contributed by atoms with Gasteiger partial charge in [0, 0.05) is 44.0 Å². The fourth-order valence-corrected chi connectivity index (χ4v) is 3.46. The molecular formula is C23H27N3O2. The Morgan fingerprint density at radius 3 is 2.29 bits per heavy atom. The Bertz CT molecular complexity index is 810. The van der Waals surface area contributed by atoms with Crippen molar-refractivity contribution < 1.29 is 9.59 Å². The molecule has 0 radical (unpaired) electrons. The number of piperazine rings is 1. The van der Waals surface area contributed by atoms with Crippen LogP contribution in [0.15, 0.2) is 67.3 Å². The van der Waals surface area contributed by atoms with Gasteiger partial charge in [0.15, 0.2) is 0 Å². The van der Waals surface area contributed by atoms with Gasteiger partial charge in [0.2, 0.25) is 11.8 Å². The molecule has 1 N–H and O–H groups in total. The van der Waals surface area contributed by atoms with Gasteiger partial charge in [0.1, 0.15) is 0 Å². The maximum absolute atomic E-state index is 12.3. The lowest BCUT2D eigenvalue weighted by molar-refractivity contribution is -0.126. The summed E-state index contributed by atoms with van der Waals surface area (Å²) in [4.78, 5) is 28.1. The summed E-state index contributed by atoms with van der Waals surface area (Å²) in [6.45, 7) is 8.58. The highest BCUT2D eigenvalue weighted by atomic mass is 16.2. The first-order valence-electron chi connectivity index (χ1n) is 9.68. The highest BCUT2D eigenvalue weighted by Gasteiger charge is 2.19. The van der Waals surface area contributed by atoms with Gasteiger partial charge < -0.3 is 15.1 Å². The fraction of sp³-hybridized carbons (Fsp3) is 0.304. The van der Waals surface area contributed by atoms with Gasteiger partial charge in [-0.2, -0.15) is 0 Å². The van der Waals surface area contributed by atoms with Crippen LogP contribution in [0.2, 0.25) is 0 Å². The number of rotatable bonds is 6. The zero-order valence-corrected chi connectivity index (χ0v) is 16.3. The van der Waals surface area contributed by atoms with E-state index in [1.54, 1.807) is 0 Å². The van der Waals surface area contributed by atoms with Crippen LogP contribution in [0.5, 0.6) is 0 Å². The van der Waals surface area contributed by atoms with Gasteiger partial charge in [-0.25, -0.2) is 0 Å². The molecule has 1 aliphatic heterocycles. The molecular weight excluding hydrogens is 350 g/mol. The van der Waals surface area contributed by atoms with E-state index in [0.717, 1.165) is 24.5 Å². The Morgan fingerprint density at radius 1 is 1.04 bits per heavy atom. The van der Waals surface area contributed by atoms with E-state index in [0.29, 0.717) is 19.5 Å². The average Bonchev–Trinajstić information content (AvgIpc) is 2.74. The fourth-order valence-electron chi connectivity index (χ4n) is 3.46. The summed E-state index contributed by atoms with van der Waals surface area (Å²) in [5.41, 5.74) is 3.07. The van der Waals surface area contributed by atoms with Gasteiger partial charge in [0.05, 0.1) is 0 Å². The molecule has 2 amide bonds. The second kappa shape index (κ2) is 9.22. The summed E-state index contributed by atoms with van der Waals surface area (Å²) >= 11 is 0. The van der Waals surface area contributed by atoms with Crippen molar-refractivity contribution in [3.63, 3.8) is 0 Å². The Kier molecular flexibility index (Phi) is 6.48. The summed E-state index contributed by atoms with van der Waals surface area (Å²) < 4.78 is 0. The van der Waals surface area contributed by atoms with Crippen LogP contribution >= 0.6 is 0 Å². The minimum absolute atomic E-state index is 0.0116. The van der Waals surface area contributed by atoms with E-state index in [9.17, 15) is 9.59 Å². The summed E-state index contributed by atoms with van der Waals surface area (Å²) in [5.74, 6) is 0.179. The minimum Gasteiger partial charge on any atom is -0.368 e. The van der Waals surface area contributed by atoms with Crippen LogP contribution in [0.3, 0.4) is 0 Å². The lowest BCUT2D eigenvalue weighted by Gasteiger charge is -2.35. The van der Waals surface area contributed by atoms with Gasteiger partial charge in [-0.1, -0.05) is 43.8 Å². The van der Waals surface area contributed by atoms with Crippen LogP contribution in [0.4, 0.5) is 11.4 Å². The molecule has 146 valence electrons. The second-order valence-corrected chi connectivity index (χ2v) is 7.13. The quantitative estimate of drug-likeness (QED) is 0.782. The molecule has 0 aliphatic carbocycles. The number of nitrogens with zero attached hydrogens (tertiary/aromatic N) is 2. The smallest absolute Gasteiger partial charge is 0.246 e. The molecule has 3 rings (SSSR count). The van der Waals surface area contributed by atoms with E-state index in [2.05, 4.69) is 35.9 Å². The predicted molar refractivity (Wildman–Crippen MR) is 114 cm³/mol. The van der Waals surface area contributed by atoms with Crippen LogP contribution in [0.25, 0.3) is 0 Å². The molecule has 5 nitrogen and oxygen atoms in total. The first-order valence-corrected chi connectivity index (χ1v) is 9.68. The zero-order chi connectivity index (χ0) is 19.9. The third-order valence-electron chi connectivity index (χ3n) is 5.14. The number of hydrogen-bond donors (Lipinski definition) is 1. The molecule has 5 heteroatoms. The maximum atomic E-state index is 12.3. The van der Waals surface area contributed by atoms with E-state index in [4.69, 9.17) is 0 Å². The minimum atomic E-state index is -0.0116. The first kappa shape index (κ1) is 19.7. The number of hydrogen-bond acceptors (Lipinski definition) is 3. The average molecular weight is 377 g/mol. The Morgan fingerprint density at radius 2 is 1.68 bits per heavy atom. The van der Waals surface area contributed by atoms with Crippen LogP contribution in [-0.4, -0.2) is 42.9 Å². The van der Waals surface area contributed by atoms with Crippen molar-refractivity contribution in [3.05, 3.63) is 72.8 Å². The summed E-state index contributed by atoms with van der Waals surface area (Å²) in [5, 5.41) is 2.98. The van der Waals surface area contributed by atoms with E-state index in [1.165, 1.54) is 11.6 Å². The van der Waals surface area contributed by atoms with E-state index in [-0.39, 0.29) is 17.7 Å². The summed E-state index contributed by atoms with van der Waals surface area (Å²) in [6.07, 6.45) is 1.82. The molecule has 0 spiro atoms. The third kappa shape index (κ3) is 5.00.